The molecule has 0 aliphatic heterocycles. The van der Waals surface area contributed by atoms with Gasteiger partial charge >= 0.3 is 6.18 Å². The summed E-state index contributed by atoms with van der Waals surface area (Å²) in [5, 5.41) is 2.91. The molecule has 0 fully saturated rings. The maximum Gasteiger partial charge on any atom is 0.389 e. The average Bonchev–Trinajstić information content (AvgIpc) is 3.00. The van der Waals surface area contributed by atoms with Gasteiger partial charge < -0.3 is 15.0 Å². The van der Waals surface area contributed by atoms with Crippen LogP contribution in [0.25, 0.3) is 10.9 Å². The van der Waals surface area contributed by atoms with Crippen molar-refractivity contribution in [2.75, 3.05) is 11.9 Å². The summed E-state index contributed by atoms with van der Waals surface area (Å²) in [6, 6.07) is 7.80. The van der Waals surface area contributed by atoms with E-state index in [4.69, 9.17) is 4.74 Å². The van der Waals surface area contributed by atoms with E-state index in [1.165, 1.54) is 30.5 Å². The van der Waals surface area contributed by atoms with Crippen LogP contribution in [0.15, 0.2) is 42.6 Å². The summed E-state index contributed by atoms with van der Waals surface area (Å²) in [5.41, 5.74) is 0.878. The standard InChI is InChI=1S/C19H15F5N2O2/c20-14-8-13-16(9-15(14)21)25-10-17(13)26-18(27)11-2-4-12(5-3-11)28-7-1-6-19(22,23)24/h2-5,8-10,25H,1,6-7H2,(H,26,27). The number of aromatic amines is 1. The Bertz CT molecular complexity index is 980. The normalized spacial score (nSPS) is 11.6. The van der Waals surface area contributed by atoms with Crippen LogP contribution in [-0.2, 0) is 0 Å². The summed E-state index contributed by atoms with van der Waals surface area (Å²) in [5.74, 6) is -2.19. The van der Waals surface area contributed by atoms with Gasteiger partial charge in [-0.1, -0.05) is 0 Å². The molecule has 0 spiro atoms. The van der Waals surface area contributed by atoms with E-state index in [0.29, 0.717) is 16.7 Å². The maximum absolute atomic E-state index is 13.4. The number of anilines is 1. The molecule has 1 heterocycles. The number of amides is 1. The van der Waals surface area contributed by atoms with E-state index < -0.39 is 30.1 Å². The van der Waals surface area contributed by atoms with Gasteiger partial charge in [-0.3, -0.25) is 4.79 Å². The van der Waals surface area contributed by atoms with Crippen molar-refractivity contribution in [3.63, 3.8) is 0 Å². The first kappa shape index (κ1) is 19.7. The molecule has 4 nitrogen and oxygen atoms in total. The first-order valence-corrected chi connectivity index (χ1v) is 8.30. The molecule has 0 atom stereocenters. The second-order valence-corrected chi connectivity index (χ2v) is 6.06. The van der Waals surface area contributed by atoms with Gasteiger partial charge in [-0.25, -0.2) is 8.78 Å². The molecule has 1 aromatic heterocycles. The monoisotopic (exact) mass is 398 g/mol. The van der Waals surface area contributed by atoms with Crippen molar-refractivity contribution in [3.05, 3.63) is 59.8 Å². The molecule has 148 valence electrons. The Morgan fingerprint density at radius 2 is 1.75 bits per heavy atom. The minimum Gasteiger partial charge on any atom is -0.494 e. The number of fused-ring (bicyclic) bond motifs is 1. The lowest BCUT2D eigenvalue weighted by Crippen LogP contribution is -2.12. The van der Waals surface area contributed by atoms with Gasteiger partial charge in [0.05, 0.1) is 17.8 Å². The lowest BCUT2D eigenvalue weighted by atomic mass is 10.2. The molecule has 1 amide bonds. The minimum absolute atomic E-state index is 0.0947. The minimum atomic E-state index is -4.22. The van der Waals surface area contributed by atoms with Gasteiger partial charge in [-0.05, 0) is 36.8 Å². The van der Waals surface area contributed by atoms with Crippen molar-refractivity contribution in [2.45, 2.75) is 19.0 Å². The number of alkyl halides is 3. The van der Waals surface area contributed by atoms with Crippen LogP contribution in [0.2, 0.25) is 0 Å². The number of aromatic nitrogens is 1. The molecule has 0 aliphatic carbocycles. The largest absolute Gasteiger partial charge is 0.494 e. The van der Waals surface area contributed by atoms with Crippen LogP contribution < -0.4 is 10.1 Å². The fourth-order valence-corrected chi connectivity index (χ4v) is 2.58. The predicted octanol–water partition coefficient (Wildman–Crippen LogP) is 5.42. The first-order valence-electron chi connectivity index (χ1n) is 8.30. The Morgan fingerprint density at radius 3 is 2.43 bits per heavy atom. The molecule has 0 aliphatic rings. The molecule has 0 unspecified atom stereocenters. The molecule has 9 heteroatoms. The average molecular weight is 398 g/mol. The second kappa shape index (κ2) is 7.87. The summed E-state index contributed by atoms with van der Waals surface area (Å²) >= 11 is 0. The van der Waals surface area contributed by atoms with Crippen molar-refractivity contribution in [2.24, 2.45) is 0 Å². The van der Waals surface area contributed by atoms with Gasteiger partial charge in [0.2, 0.25) is 0 Å². The summed E-state index contributed by atoms with van der Waals surface area (Å²) in [7, 11) is 0. The predicted molar refractivity (Wildman–Crippen MR) is 93.4 cm³/mol. The zero-order valence-corrected chi connectivity index (χ0v) is 14.4. The van der Waals surface area contributed by atoms with Crippen LogP contribution in [0, 0.1) is 11.6 Å². The van der Waals surface area contributed by atoms with Crippen molar-refractivity contribution in [3.8, 4) is 5.75 Å². The van der Waals surface area contributed by atoms with Crippen LogP contribution in [0.4, 0.5) is 27.6 Å². The molecule has 0 saturated carbocycles. The molecule has 0 bridgehead atoms. The van der Waals surface area contributed by atoms with Crippen molar-refractivity contribution < 1.29 is 31.5 Å². The van der Waals surface area contributed by atoms with Crippen molar-refractivity contribution >= 4 is 22.5 Å². The number of carbonyl (C=O) groups excluding carboxylic acids is 1. The SMILES string of the molecule is O=C(Nc1c[nH]c2cc(F)c(F)cc12)c1ccc(OCCCC(F)(F)F)cc1. The lowest BCUT2D eigenvalue weighted by molar-refractivity contribution is -0.136. The third-order valence-corrected chi connectivity index (χ3v) is 3.96. The summed E-state index contributed by atoms with van der Waals surface area (Å²) in [4.78, 5) is 15.1. The van der Waals surface area contributed by atoms with E-state index >= 15 is 0 Å². The molecule has 0 saturated heterocycles. The van der Waals surface area contributed by atoms with Crippen LogP contribution in [0.1, 0.15) is 23.2 Å². The zero-order chi connectivity index (χ0) is 20.3. The second-order valence-electron chi connectivity index (χ2n) is 6.06. The molecule has 0 radical (unpaired) electrons. The highest BCUT2D eigenvalue weighted by molar-refractivity contribution is 6.09. The maximum atomic E-state index is 13.4. The number of hydrogen-bond acceptors (Lipinski definition) is 2. The topological polar surface area (TPSA) is 54.1 Å². The van der Waals surface area contributed by atoms with Gasteiger partial charge in [-0.15, -0.1) is 0 Å². The zero-order valence-electron chi connectivity index (χ0n) is 14.4. The third-order valence-electron chi connectivity index (χ3n) is 3.96. The number of rotatable bonds is 6. The van der Waals surface area contributed by atoms with E-state index in [0.717, 1.165) is 12.1 Å². The van der Waals surface area contributed by atoms with Gasteiger partial charge in [-0.2, -0.15) is 13.2 Å². The summed E-state index contributed by atoms with van der Waals surface area (Å²) in [6.07, 6.45) is -3.89. The van der Waals surface area contributed by atoms with Gasteiger partial charge in [0.25, 0.3) is 5.91 Å². The summed E-state index contributed by atoms with van der Waals surface area (Å²) < 4.78 is 68.1. The molecule has 2 aromatic carbocycles. The highest BCUT2D eigenvalue weighted by Gasteiger charge is 2.26. The lowest BCUT2D eigenvalue weighted by Gasteiger charge is -2.09. The quantitative estimate of drug-likeness (QED) is 0.430. The molecule has 3 aromatic rings. The van der Waals surface area contributed by atoms with Gasteiger partial charge in [0, 0.05) is 29.6 Å². The summed E-state index contributed by atoms with van der Waals surface area (Å²) in [6.45, 7) is -0.0947. The number of halogens is 5. The van der Waals surface area contributed by atoms with Crippen molar-refractivity contribution in [1.82, 2.24) is 4.98 Å². The molecular formula is C19H15F5N2O2. The number of benzene rings is 2. The van der Waals surface area contributed by atoms with E-state index in [-0.39, 0.29) is 24.3 Å². The van der Waals surface area contributed by atoms with E-state index in [1.54, 1.807) is 0 Å². The van der Waals surface area contributed by atoms with Crippen LogP contribution in [0.5, 0.6) is 5.75 Å². The highest BCUT2D eigenvalue weighted by Crippen LogP contribution is 2.26. The number of ether oxygens (including phenoxy) is 1. The van der Waals surface area contributed by atoms with Crippen molar-refractivity contribution in [1.29, 1.82) is 0 Å². The van der Waals surface area contributed by atoms with Crippen LogP contribution in [-0.4, -0.2) is 23.7 Å². The van der Waals surface area contributed by atoms with E-state index in [1.807, 2.05) is 0 Å². The van der Waals surface area contributed by atoms with E-state index in [9.17, 15) is 26.7 Å². The third kappa shape index (κ3) is 4.79. The number of nitrogens with one attached hydrogen (secondary N) is 2. The fourth-order valence-electron chi connectivity index (χ4n) is 2.58. The Kier molecular flexibility index (Phi) is 5.53. The molecular weight excluding hydrogens is 383 g/mol. The fraction of sp³-hybridized carbons (Fsp3) is 0.211. The Balaban J connectivity index is 1.61. The number of carbonyl (C=O) groups is 1. The van der Waals surface area contributed by atoms with Crippen LogP contribution >= 0.6 is 0 Å². The number of hydrogen-bond donors (Lipinski definition) is 2. The molecule has 3 rings (SSSR count). The van der Waals surface area contributed by atoms with Gasteiger partial charge in [0.15, 0.2) is 11.6 Å². The molecule has 2 N–H and O–H groups in total. The van der Waals surface area contributed by atoms with Gasteiger partial charge in [0.1, 0.15) is 5.75 Å². The smallest absolute Gasteiger partial charge is 0.389 e. The molecule has 28 heavy (non-hydrogen) atoms. The first-order chi connectivity index (χ1) is 13.2. The highest BCUT2D eigenvalue weighted by atomic mass is 19.4. The van der Waals surface area contributed by atoms with Crippen LogP contribution in [0.3, 0.4) is 0 Å². The Morgan fingerprint density at radius 1 is 1.07 bits per heavy atom. The van der Waals surface area contributed by atoms with E-state index in [2.05, 4.69) is 10.3 Å². The Hall–Kier alpha value is -3.10. The Labute approximate surface area is 156 Å². The number of H-pyrrole nitrogens is 1.